The lowest BCUT2D eigenvalue weighted by Gasteiger charge is -2.18. The number of hydrogen-bond acceptors (Lipinski definition) is 4. The van der Waals surface area contributed by atoms with E-state index in [1.807, 2.05) is 17.8 Å². The van der Waals surface area contributed by atoms with E-state index in [2.05, 4.69) is 4.98 Å². The molecule has 110 valence electrons. The summed E-state index contributed by atoms with van der Waals surface area (Å²) < 4.78 is 1.84. The number of amides is 1. The molecule has 1 heterocycles. The van der Waals surface area contributed by atoms with Crippen LogP contribution in [0.1, 0.15) is 21.7 Å². The Labute approximate surface area is 122 Å². The molecule has 0 saturated heterocycles. The molecule has 7 heteroatoms. The van der Waals surface area contributed by atoms with E-state index in [1.54, 1.807) is 20.2 Å². The lowest BCUT2D eigenvalue weighted by molar-refractivity contribution is -0.384. The molecule has 0 aliphatic carbocycles. The van der Waals surface area contributed by atoms with Gasteiger partial charge in [0.1, 0.15) is 5.82 Å². The molecule has 0 spiro atoms. The fourth-order valence-corrected chi connectivity index (χ4v) is 2.04. The molecule has 0 unspecified atom stereocenters. The molecular formula is C14H16N4O3. The predicted molar refractivity (Wildman–Crippen MR) is 76.8 cm³/mol. The second kappa shape index (κ2) is 5.74. The first-order chi connectivity index (χ1) is 9.90. The van der Waals surface area contributed by atoms with Crippen LogP contribution in [0.3, 0.4) is 0 Å². The third kappa shape index (κ3) is 3.07. The molecule has 0 bridgehead atoms. The first kappa shape index (κ1) is 14.7. The maximum Gasteiger partial charge on any atom is 0.269 e. The smallest absolute Gasteiger partial charge is 0.269 e. The zero-order chi connectivity index (χ0) is 15.6. The van der Waals surface area contributed by atoms with Crippen LogP contribution in [0.25, 0.3) is 0 Å². The lowest BCUT2D eigenvalue weighted by Crippen LogP contribution is -2.28. The summed E-state index contributed by atoms with van der Waals surface area (Å²) in [7, 11) is 3.54. The van der Waals surface area contributed by atoms with Crippen molar-refractivity contribution in [2.24, 2.45) is 7.05 Å². The van der Waals surface area contributed by atoms with Crippen LogP contribution in [0, 0.1) is 17.0 Å². The van der Waals surface area contributed by atoms with E-state index in [9.17, 15) is 14.9 Å². The van der Waals surface area contributed by atoms with Crippen LogP contribution in [-0.4, -0.2) is 32.3 Å². The number of benzene rings is 1. The van der Waals surface area contributed by atoms with Crippen molar-refractivity contribution in [1.29, 1.82) is 0 Å². The highest BCUT2D eigenvalue weighted by Gasteiger charge is 2.18. The molecule has 0 radical (unpaired) electrons. The third-order valence-electron chi connectivity index (χ3n) is 3.30. The zero-order valence-corrected chi connectivity index (χ0v) is 12.1. The molecule has 1 aromatic carbocycles. The van der Waals surface area contributed by atoms with Crippen LogP contribution >= 0.6 is 0 Å². The van der Waals surface area contributed by atoms with Gasteiger partial charge >= 0.3 is 0 Å². The van der Waals surface area contributed by atoms with Gasteiger partial charge in [-0.15, -0.1) is 0 Å². The van der Waals surface area contributed by atoms with Gasteiger partial charge in [-0.1, -0.05) is 0 Å². The van der Waals surface area contributed by atoms with Crippen molar-refractivity contribution < 1.29 is 9.72 Å². The summed E-state index contributed by atoms with van der Waals surface area (Å²) in [5.41, 5.74) is 1.02. The molecule has 0 aliphatic heterocycles. The van der Waals surface area contributed by atoms with Crippen molar-refractivity contribution in [2.75, 3.05) is 7.05 Å². The second-order valence-electron chi connectivity index (χ2n) is 4.87. The number of nitro benzene ring substituents is 1. The Kier molecular flexibility index (Phi) is 4.02. The highest BCUT2D eigenvalue weighted by Crippen LogP contribution is 2.18. The Hall–Kier alpha value is -2.70. The molecule has 0 atom stereocenters. The number of carbonyl (C=O) groups is 1. The fourth-order valence-electron chi connectivity index (χ4n) is 2.04. The minimum absolute atomic E-state index is 0.0178. The van der Waals surface area contributed by atoms with Crippen LogP contribution < -0.4 is 0 Å². The van der Waals surface area contributed by atoms with E-state index >= 15 is 0 Å². The normalized spacial score (nSPS) is 10.4. The van der Waals surface area contributed by atoms with Gasteiger partial charge in [-0.3, -0.25) is 14.9 Å². The molecule has 0 fully saturated rings. The number of hydrogen-bond donors (Lipinski definition) is 0. The molecule has 21 heavy (non-hydrogen) atoms. The average Bonchev–Trinajstić information content (AvgIpc) is 2.83. The number of aromatic nitrogens is 2. The minimum atomic E-state index is -0.473. The first-order valence-corrected chi connectivity index (χ1v) is 6.37. The van der Waals surface area contributed by atoms with Gasteiger partial charge in [0.15, 0.2) is 0 Å². The lowest BCUT2D eigenvalue weighted by atomic mass is 10.1. The summed E-state index contributed by atoms with van der Waals surface area (Å²) >= 11 is 0. The first-order valence-electron chi connectivity index (χ1n) is 6.37. The van der Waals surface area contributed by atoms with Gasteiger partial charge in [-0.2, -0.15) is 0 Å². The average molecular weight is 288 g/mol. The summed E-state index contributed by atoms with van der Waals surface area (Å²) in [5, 5.41) is 10.7. The van der Waals surface area contributed by atoms with Crippen molar-refractivity contribution in [3.05, 3.63) is 57.7 Å². The number of nitro groups is 1. The van der Waals surface area contributed by atoms with E-state index in [0.29, 0.717) is 17.7 Å². The maximum absolute atomic E-state index is 12.4. The minimum Gasteiger partial charge on any atom is -0.337 e. The molecular weight excluding hydrogens is 272 g/mol. The topological polar surface area (TPSA) is 81.3 Å². The number of nitrogens with zero attached hydrogens (tertiary/aromatic N) is 4. The fraction of sp³-hybridized carbons (Fsp3) is 0.286. The largest absolute Gasteiger partial charge is 0.337 e. The van der Waals surface area contributed by atoms with Crippen molar-refractivity contribution in [3.8, 4) is 0 Å². The predicted octanol–water partition coefficient (Wildman–Crippen LogP) is 1.91. The number of rotatable bonds is 4. The standard InChI is InChI=1S/C14H16N4O3/c1-10-8-11(18(20)21)4-5-12(10)14(19)17(3)9-13-15-6-7-16(13)2/h4-8H,9H2,1-3H3. The number of non-ortho nitro benzene ring substituents is 1. The summed E-state index contributed by atoms with van der Waals surface area (Å²) in [6.45, 7) is 2.06. The van der Waals surface area contributed by atoms with Crippen molar-refractivity contribution in [3.63, 3.8) is 0 Å². The van der Waals surface area contributed by atoms with Crippen molar-refractivity contribution in [2.45, 2.75) is 13.5 Å². The van der Waals surface area contributed by atoms with Crippen molar-refractivity contribution >= 4 is 11.6 Å². The van der Waals surface area contributed by atoms with Crippen LogP contribution in [0.15, 0.2) is 30.6 Å². The Balaban J connectivity index is 2.19. The quantitative estimate of drug-likeness (QED) is 0.635. The Bertz CT molecular complexity index is 693. The number of imidazole rings is 1. The Morgan fingerprint density at radius 2 is 2.19 bits per heavy atom. The summed E-state index contributed by atoms with van der Waals surface area (Å²) in [4.78, 5) is 28.4. The van der Waals surface area contributed by atoms with E-state index in [1.165, 1.54) is 23.1 Å². The molecule has 1 aromatic heterocycles. The molecule has 0 aliphatic rings. The van der Waals surface area contributed by atoms with Crippen LogP contribution in [-0.2, 0) is 13.6 Å². The van der Waals surface area contributed by atoms with E-state index in [-0.39, 0.29) is 11.6 Å². The van der Waals surface area contributed by atoms with E-state index in [4.69, 9.17) is 0 Å². The van der Waals surface area contributed by atoms with Gasteiger partial charge in [-0.05, 0) is 18.6 Å². The van der Waals surface area contributed by atoms with Crippen LogP contribution in [0.5, 0.6) is 0 Å². The van der Waals surface area contributed by atoms with Gasteiger partial charge in [0.25, 0.3) is 11.6 Å². The highest BCUT2D eigenvalue weighted by molar-refractivity contribution is 5.95. The Morgan fingerprint density at radius 1 is 1.48 bits per heavy atom. The van der Waals surface area contributed by atoms with Gasteiger partial charge in [-0.25, -0.2) is 4.98 Å². The molecule has 0 N–H and O–H groups in total. The number of aryl methyl sites for hydroxylation is 2. The van der Waals surface area contributed by atoms with Gasteiger partial charge in [0, 0.05) is 44.2 Å². The zero-order valence-electron chi connectivity index (χ0n) is 12.1. The van der Waals surface area contributed by atoms with Crippen LogP contribution in [0.2, 0.25) is 0 Å². The van der Waals surface area contributed by atoms with Gasteiger partial charge in [0.2, 0.25) is 0 Å². The van der Waals surface area contributed by atoms with Crippen LogP contribution in [0.4, 0.5) is 5.69 Å². The Morgan fingerprint density at radius 3 is 2.71 bits per heavy atom. The molecule has 0 saturated carbocycles. The summed E-state index contributed by atoms with van der Waals surface area (Å²) in [6, 6.07) is 4.24. The molecule has 1 amide bonds. The van der Waals surface area contributed by atoms with E-state index in [0.717, 1.165) is 5.82 Å². The molecule has 2 aromatic rings. The monoisotopic (exact) mass is 288 g/mol. The van der Waals surface area contributed by atoms with Gasteiger partial charge < -0.3 is 9.47 Å². The SMILES string of the molecule is Cc1cc([N+](=O)[O-])ccc1C(=O)N(C)Cc1nccn1C. The summed E-state index contributed by atoms with van der Waals surface area (Å²) in [5.74, 6) is 0.579. The maximum atomic E-state index is 12.4. The number of carbonyl (C=O) groups excluding carboxylic acids is 1. The van der Waals surface area contributed by atoms with Gasteiger partial charge in [0.05, 0.1) is 11.5 Å². The highest BCUT2D eigenvalue weighted by atomic mass is 16.6. The third-order valence-corrected chi connectivity index (χ3v) is 3.30. The van der Waals surface area contributed by atoms with Crippen molar-refractivity contribution in [1.82, 2.24) is 14.5 Å². The summed E-state index contributed by atoms with van der Waals surface area (Å²) in [6.07, 6.45) is 3.48. The second-order valence-corrected chi connectivity index (χ2v) is 4.87. The molecule has 7 nitrogen and oxygen atoms in total. The molecule has 2 rings (SSSR count). The van der Waals surface area contributed by atoms with E-state index < -0.39 is 4.92 Å².